The predicted octanol–water partition coefficient (Wildman–Crippen LogP) is 2.42. The van der Waals surface area contributed by atoms with Gasteiger partial charge in [0.2, 0.25) is 0 Å². The molecule has 0 aromatic heterocycles. The first-order chi connectivity index (χ1) is 6.42. The molecule has 3 rings (SSSR count). The molecule has 3 aliphatic rings. The van der Waals surface area contributed by atoms with E-state index in [0.717, 1.165) is 17.8 Å². The summed E-state index contributed by atoms with van der Waals surface area (Å²) in [6.45, 7) is 0. The van der Waals surface area contributed by atoms with E-state index in [1.54, 1.807) is 0 Å². The lowest BCUT2D eigenvalue weighted by atomic mass is 9.87. The van der Waals surface area contributed by atoms with Gasteiger partial charge in [0.25, 0.3) is 0 Å². The zero-order valence-corrected chi connectivity index (χ0v) is 7.86. The number of hydrogen-bond acceptors (Lipinski definition) is 1. The third kappa shape index (κ3) is 0.905. The predicted molar refractivity (Wildman–Crippen MR) is 51.1 cm³/mol. The molecule has 0 aromatic rings. The van der Waals surface area contributed by atoms with Gasteiger partial charge in [-0.05, 0) is 42.9 Å². The SMILES string of the molecule is O=CC1C2CC=CC2C2CCCC12. The topological polar surface area (TPSA) is 17.1 Å². The minimum absolute atomic E-state index is 0.396. The zero-order valence-electron chi connectivity index (χ0n) is 7.86. The van der Waals surface area contributed by atoms with Gasteiger partial charge >= 0.3 is 0 Å². The van der Waals surface area contributed by atoms with E-state index >= 15 is 0 Å². The van der Waals surface area contributed by atoms with Gasteiger partial charge in [0.15, 0.2) is 0 Å². The molecular formula is C12H16O. The summed E-state index contributed by atoms with van der Waals surface area (Å²) in [6, 6.07) is 0. The molecule has 0 aromatic carbocycles. The molecule has 0 radical (unpaired) electrons. The molecule has 0 heterocycles. The second kappa shape index (κ2) is 2.70. The van der Waals surface area contributed by atoms with Gasteiger partial charge in [0.05, 0.1) is 0 Å². The minimum Gasteiger partial charge on any atom is -0.303 e. The molecule has 1 heteroatoms. The van der Waals surface area contributed by atoms with E-state index in [0.29, 0.717) is 11.8 Å². The van der Waals surface area contributed by atoms with Crippen molar-refractivity contribution in [2.45, 2.75) is 25.7 Å². The first-order valence-electron chi connectivity index (χ1n) is 5.54. The van der Waals surface area contributed by atoms with Crippen molar-refractivity contribution in [3.8, 4) is 0 Å². The Morgan fingerprint density at radius 1 is 1.15 bits per heavy atom. The van der Waals surface area contributed by atoms with Crippen molar-refractivity contribution < 1.29 is 4.79 Å². The zero-order chi connectivity index (χ0) is 8.84. The third-order valence-corrected chi connectivity index (χ3v) is 4.53. The van der Waals surface area contributed by atoms with E-state index in [9.17, 15) is 4.79 Å². The molecule has 5 unspecified atom stereocenters. The van der Waals surface area contributed by atoms with Gasteiger partial charge < -0.3 is 4.79 Å². The summed E-state index contributed by atoms with van der Waals surface area (Å²) in [6.07, 6.45) is 11.1. The van der Waals surface area contributed by atoms with Gasteiger partial charge in [-0.1, -0.05) is 18.6 Å². The maximum absolute atomic E-state index is 11.1. The van der Waals surface area contributed by atoms with Gasteiger partial charge in [0.1, 0.15) is 6.29 Å². The highest BCUT2D eigenvalue weighted by Gasteiger charge is 2.51. The van der Waals surface area contributed by atoms with Crippen molar-refractivity contribution in [2.24, 2.45) is 29.6 Å². The molecule has 2 saturated carbocycles. The van der Waals surface area contributed by atoms with Crippen LogP contribution in [0.4, 0.5) is 0 Å². The summed E-state index contributed by atoms with van der Waals surface area (Å²) in [5.74, 6) is 3.46. The maximum atomic E-state index is 11.1. The summed E-state index contributed by atoms with van der Waals surface area (Å²) < 4.78 is 0. The van der Waals surface area contributed by atoms with Crippen molar-refractivity contribution in [2.75, 3.05) is 0 Å². The number of carbonyl (C=O) groups is 1. The van der Waals surface area contributed by atoms with E-state index in [1.807, 2.05) is 0 Å². The Morgan fingerprint density at radius 3 is 2.85 bits per heavy atom. The summed E-state index contributed by atoms with van der Waals surface area (Å²) in [5.41, 5.74) is 0. The van der Waals surface area contributed by atoms with E-state index in [1.165, 1.54) is 32.0 Å². The minimum atomic E-state index is 0.396. The Balaban J connectivity index is 1.94. The Labute approximate surface area is 79.2 Å². The lowest BCUT2D eigenvalue weighted by molar-refractivity contribution is -0.113. The third-order valence-electron chi connectivity index (χ3n) is 4.53. The Kier molecular flexibility index (Phi) is 1.61. The lowest BCUT2D eigenvalue weighted by Crippen LogP contribution is -2.16. The molecule has 0 aliphatic heterocycles. The van der Waals surface area contributed by atoms with Crippen LogP contribution in [0.15, 0.2) is 12.2 Å². The normalized spacial score (nSPS) is 52.2. The molecular weight excluding hydrogens is 160 g/mol. The molecule has 0 spiro atoms. The Morgan fingerprint density at radius 2 is 2.00 bits per heavy atom. The van der Waals surface area contributed by atoms with Crippen molar-refractivity contribution in [1.29, 1.82) is 0 Å². The monoisotopic (exact) mass is 176 g/mol. The Hall–Kier alpha value is -0.590. The van der Waals surface area contributed by atoms with Crippen LogP contribution in [0.5, 0.6) is 0 Å². The molecule has 70 valence electrons. The first-order valence-corrected chi connectivity index (χ1v) is 5.54. The fourth-order valence-electron chi connectivity index (χ4n) is 4.06. The number of hydrogen-bond donors (Lipinski definition) is 0. The van der Waals surface area contributed by atoms with E-state index in [4.69, 9.17) is 0 Å². The molecule has 13 heavy (non-hydrogen) atoms. The van der Waals surface area contributed by atoms with Crippen LogP contribution in [0.25, 0.3) is 0 Å². The van der Waals surface area contributed by atoms with Crippen LogP contribution in [0, 0.1) is 29.6 Å². The highest BCUT2D eigenvalue weighted by molar-refractivity contribution is 5.56. The first kappa shape index (κ1) is 7.78. The number of carbonyl (C=O) groups excluding carboxylic acids is 1. The average Bonchev–Trinajstić information content (AvgIpc) is 2.71. The smallest absolute Gasteiger partial charge is 0.123 e. The van der Waals surface area contributed by atoms with Crippen molar-refractivity contribution >= 4 is 6.29 Å². The average molecular weight is 176 g/mol. The quantitative estimate of drug-likeness (QED) is 0.443. The van der Waals surface area contributed by atoms with Crippen LogP contribution in [0.2, 0.25) is 0 Å². The molecule has 5 atom stereocenters. The number of aldehydes is 1. The van der Waals surface area contributed by atoms with Gasteiger partial charge in [-0.3, -0.25) is 0 Å². The van der Waals surface area contributed by atoms with Crippen molar-refractivity contribution in [3.05, 3.63) is 12.2 Å². The van der Waals surface area contributed by atoms with Gasteiger partial charge in [-0.15, -0.1) is 0 Å². The molecule has 0 N–H and O–H groups in total. The fourth-order valence-corrected chi connectivity index (χ4v) is 4.06. The summed E-state index contributed by atoms with van der Waals surface area (Å²) >= 11 is 0. The highest BCUT2D eigenvalue weighted by atomic mass is 16.1. The van der Waals surface area contributed by atoms with Crippen LogP contribution >= 0.6 is 0 Å². The van der Waals surface area contributed by atoms with Crippen LogP contribution in [-0.4, -0.2) is 6.29 Å². The number of rotatable bonds is 1. The molecule has 0 saturated heterocycles. The van der Waals surface area contributed by atoms with Crippen LogP contribution < -0.4 is 0 Å². The molecule has 0 bridgehead atoms. The van der Waals surface area contributed by atoms with Crippen LogP contribution in [0.1, 0.15) is 25.7 Å². The molecule has 0 amide bonds. The second-order valence-corrected chi connectivity index (χ2v) is 4.88. The largest absolute Gasteiger partial charge is 0.303 e. The van der Waals surface area contributed by atoms with Gasteiger partial charge in [-0.25, -0.2) is 0 Å². The van der Waals surface area contributed by atoms with Gasteiger partial charge in [-0.2, -0.15) is 0 Å². The van der Waals surface area contributed by atoms with E-state index < -0.39 is 0 Å². The Bertz CT molecular complexity index is 252. The van der Waals surface area contributed by atoms with E-state index in [2.05, 4.69) is 12.2 Å². The lowest BCUT2D eigenvalue weighted by Gasteiger charge is -2.16. The van der Waals surface area contributed by atoms with E-state index in [-0.39, 0.29) is 0 Å². The fraction of sp³-hybridized carbons (Fsp3) is 0.750. The number of allylic oxidation sites excluding steroid dienone is 2. The second-order valence-electron chi connectivity index (χ2n) is 4.88. The van der Waals surface area contributed by atoms with Crippen molar-refractivity contribution in [3.63, 3.8) is 0 Å². The van der Waals surface area contributed by atoms with Crippen LogP contribution in [-0.2, 0) is 4.79 Å². The standard InChI is InChI=1S/C12H16O/c13-7-12-10-5-1-3-8(10)9-4-2-6-11(9)12/h1,3,7-12H,2,4-6H2. The molecule has 2 fully saturated rings. The molecule has 3 aliphatic carbocycles. The number of fused-ring (bicyclic) bond motifs is 3. The maximum Gasteiger partial charge on any atom is 0.123 e. The summed E-state index contributed by atoms with van der Waals surface area (Å²) in [4.78, 5) is 11.1. The highest BCUT2D eigenvalue weighted by Crippen LogP contribution is 2.56. The summed E-state index contributed by atoms with van der Waals surface area (Å²) in [5, 5.41) is 0. The van der Waals surface area contributed by atoms with Gasteiger partial charge in [0, 0.05) is 5.92 Å². The van der Waals surface area contributed by atoms with Crippen LogP contribution in [0.3, 0.4) is 0 Å². The van der Waals surface area contributed by atoms with Crippen molar-refractivity contribution in [1.82, 2.24) is 0 Å². The molecule has 1 nitrogen and oxygen atoms in total. The summed E-state index contributed by atoms with van der Waals surface area (Å²) in [7, 11) is 0.